The number of benzene rings is 1. The van der Waals surface area contributed by atoms with Crippen molar-refractivity contribution in [1.29, 1.82) is 0 Å². The molecule has 2 heterocycles. The third kappa shape index (κ3) is 3.20. The van der Waals surface area contributed by atoms with Gasteiger partial charge in [-0.3, -0.25) is 10.1 Å². The maximum atomic E-state index is 12.0. The molecule has 1 atom stereocenters. The maximum absolute atomic E-state index is 12.0. The SMILES string of the molecule is COc1ccc(-c2nnc(NC(=O)[C@H]3CCC[NH2+]3)s2)cc1. The number of aromatic nitrogens is 2. The van der Waals surface area contributed by atoms with Crippen LogP contribution in [0, 0.1) is 0 Å². The highest BCUT2D eigenvalue weighted by Crippen LogP contribution is 2.27. The van der Waals surface area contributed by atoms with Crippen LogP contribution in [0.4, 0.5) is 5.13 Å². The second-order valence-corrected chi connectivity index (χ2v) is 5.88. The summed E-state index contributed by atoms with van der Waals surface area (Å²) in [4.78, 5) is 12.0. The first kappa shape index (κ1) is 14.0. The van der Waals surface area contributed by atoms with Gasteiger partial charge in [0.15, 0.2) is 6.04 Å². The van der Waals surface area contributed by atoms with Gasteiger partial charge in [-0.1, -0.05) is 11.3 Å². The van der Waals surface area contributed by atoms with Gasteiger partial charge in [-0.25, -0.2) is 0 Å². The minimum atomic E-state index is 0.0123. The summed E-state index contributed by atoms with van der Waals surface area (Å²) in [6, 6.07) is 7.62. The lowest BCUT2D eigenvalue weighted by molar-refractivity contribution is -0.656. The number of ether oxygens (including phenoxy) is 1. The van der Waals surface area contributed by atoms with E-state index in [0.29, 0.717) is 5.13 Å². The Hall–Kier alpha value is -1.99. The van der Waals surface area contributed by atoms with Crippen LogP contribution in [0.25, 0.3) is 10.6 Å². The van der Waals surface area contributed by atoms with Crippen LogP contribution in [0.5, 0.6) is 5.75 Å². The molecule has 0 spiro atoms. The number of rotatable bonds is 4. The van der Waals surface area contributed by atoms with Crippen LogP contribution < -0.4 is 15.4 Å². The number of nitrogens with one attached hydrogen (secondary N) is 1. The van der Waals surface area contributed by atoms with Crippen molar-refractivity contribution in [2.24, 2.45) is 0 Å². The first-order valence-corrected chi connectivity index (χ1v) is 7.70. The zero-order valence-electron chi connectivity index (χ0n) is 11.7. The fourth-order valence-electron chi connectivity index (χ4n) is 2.33. The number of methoxy groups -OCH3 is 1. The number of anilines is 1. The van der Waals surface area contributed by atoms with Crippen LogP contribution in [-0.2, 0) is 4.79 Å². The predicted octanol–water partition coefficient (Wildman–Crippen LogP) is 0.878. The maximum Gasteiger partial charge on any atom is 0.284 e. The van der Waals surface area contributed by atoms with Gasteiger partial charge in [-0.05, 0) is 24.3 Å². The van der Waals surface area contributed by atoms with Gasteiger partial charge < -0.3 is 10.1 Å². The Labute approximate surface area is 126 Å². The molecule has 1 aromatic heterocycles. The molecule has 6 nitrogen and oxygen atoms in total. The van der Waals surface area contributed by atoms with Crippen molar-refractivity contribution in [3.05, 3.63) is 24.3 Å². The second kappa shape index (κ2) is 6.19. The molecule has 1 aliphatic heterocycles. The van der Waals surface area contributed by atoms with Gasteiger partial charge in [0.2, 0.25) is 5.13 Å². The molecule has 1 saturated heterocycles. The summed E-state index contributed by atoms with van der Waals surface area (Å²) in [5.41, 5.74) is 0.959. The second-order valence-electron chi connectivity index (χ2n) is 4.90. The average molecular weight is 305 g/mol. The molecular formula is C14H17N4O2S+. The summed E-state index contributed by atoms with van der Waals surface area (Å²) in [6.07, 6.45) is 2.02. The normalized spacial score (nSPS) is 17.7. The third-order valence-electron chi connectivity index (χ3n) is 3.50. The molecule has 2 aromatic rings. The van der Waals surface area contributed by atoms with E-state index in [9.17, 15) is 4.79 Å². The summed E-state index contributed by atoms with van der Waals surface area (Å²) in [6.45, 7) is 1.02. The quantitative estimate of drug-likeness (QED) is 0.878. The Morgan fingerprint density at radius 3 is 2.86 bits per heavy atom. The molecule has 0 radical (unpaired) electrons. The molecule has 3 N–H and O–H groups in total. The fourth-order valence-corrected chi connectivity index (χ4v) is 3.09. The van der Waals surface area contributed by atoms with E-state index in [-0.39, 0.29) is 11.9 Å². The Morgan fingerprint density at radius 2 is 2.19 bits per heavy atom. The highest BCUT2D eigenvalue weighted by molar-refractivity contribution is 7.18. The summed E-state index contributed by atoms with van der Waals surface area (Å²) < 4.78 is 5.13. The van der Waals surface area contributed by atoms with Crippen LogP contribution in [0.3, 0.4) is 0 Å². The Kier molecular flexibility index (Phi) is 4.12. The molecule has 1 fully saturated rings. The summed E-state index contributed by atoms with van der Waals surface area (Å²) in [5.74, 6) is 0.818. The lowest BCUT2D eigenvalue weighted by Crippen LogP contribution is -2.88. The number of carbonyl (C=O) groups excluding carboxylic acids is 1. The third-order valence-corrected chi connectivity index (χ3v) is 4.39. The van der Waals surface area contributed by atoms with Crippen molar-refractivity contribution in [2.75, 3.05) is 19.0 Å². The summed E-state index contributed by atoms with van der Waals surface area (Å²) in [7, 11) is 1.63. The smallest absolute Gasteiger partial charge is 0.284 e. The lowest BCUT2D eigenvalue weighted by Gasteiger charge is -2.04. The van der Waals surface area contributed by atoms with Gasteiger partial charge in [0.25, 0.3) is 5.91 Å². The topological polar surface area (TPSA) is 80.7 Å². The standard InChI is InChI=1S/C14H16N4O2S/c1-20-10-6-4-9(5-7-10)13-17-18-14(21-13)16-12(19)11-3-2-8-15-11/h4-7,11,15H,2-3,8H2,1H3,(H,16,18,19)/p+1/t11-/m1/s1. The van der Waals surface area contributed by atoms with Crippen LogP contribution in [-0.4, -0.2) is 35.8 Å². The fraction of sp³-hybridized carbons (Fsp3) is 0.357. The van der Waals surface area contributed by atoms with Crippen LogP contribution >= 0.6 is 11.3 Å². The molecule has 7 heteroatoms. The first-order valence-electron chi connectivity index (χ1n) is 6.88. The molecule has 3 rings (SSSR count). The molecule has 110 valence electrons. The number of carbonyl (C=O) groups is 1. The van der Waals surface area contributed by atoms with Gasteiger partial charge in [-0.2, -0.15) is 0 Å². The first-order chi connectivity index (χ1) is 10.3. The van der Waals surface area contributed by atoms with Gasteiger partial charge in [-0.15, -0.1) is 10.2 Å². The monoisotopic (exact) mass is 305 g/mol. The molecule has 1 aromatic carbocycles. The van der Waals surface area contributed by atoms with E-state index < -0.39 is 0 Å². The van der Waals surface area contributed by atoms with E-state index in [1.165, 1.54) is 11.3 Å². The Bertz CT molecular complexity index is 620. The summed E-state index contributed by atoms with van der Waals surface area (Å²) >= 11 is 1.38. The highest BCUT2D eigenvalue weighted by Gasteiger charge is 2.27. The Morgan fingerprint density at radius 1 is 1.38 bits per heavy atom. The van der Waals surface area contributed by atoms with Crippen molar-refractivity contribution in [3.8, 4) is 16.3 Å². The zero-order chi connectivity index (χ0) is 14.7. The highest BCUT2D eigenvalue weighted by atomic mass is 32.1. The molecule has 21 heavy (non-hydrogen) atoms. The van der Waals surface area contributed by atoms with E-state index in [0.717, 1.165) is 35.7 Å². The van der Waals surface area contributed by atoms with Gasteiger partial charge in [0, 0.05) is 18.4 Å². The van der Waals surface area contributed by atoms with E-state index >= 15 is 0 Å². The minimum Gasteiger partial charge on any atom is -0.497 e. The van der Waals surface area contributed by atoms with Crippen LogP contribution in [0.1, 0.15) is 12.8 Å². The lowest BCUT2D eigenvalue weighted by atomic mass is 10.2. The minimum absolute atomic E-state index is 0.0123. The van der Waals surface area contributed by atoms with Crippen molar-refractivity contribution in [2.45, 2.75) is 18.9 Å². The molecular weight excluding hydrogens is 288 g/mol. The van der Waals surface area contributed by atoms with Crippen molar-refractivity contribution < 1.29 is 14.8 Å². The van der Waals surface area contributed by atoms with E-state index in [1.54, 1.807) is 7.11 Å². The van der Waals surface area contributed by atoms with Gasteiger partial charge >= 0.3 is 0 Å². The number of amides is 1. The number of nitrogens with two attached hydrogens (primary N) is 1. The van der Waals surface area contributed by atoms with E-state index in [2.05, 4.69) is 20.8 Å². The number of quaternary nitrogens is 1. The van der Waals surface area contributed by atoms with E-state index in [4.69, 9.17) is 4.74 Å². The number of nitrogens with zero attached hydrogens (tertiary/aromatic N) is 2. The average Bonchev–Trinajstić information content (AvgIpc) is 3.19. The molecule has 1 amide bonds. The summed E-state index contributed by atoms with van der Waals surface area (Å²) in [5, 5.41) is 14.4. The van der Waals surface area contributed by atoms with Crippen molar-refractivity contribution in [3.63, 3.8) is 0 Å². The predicted molar refractivity (Wildman–Crippen MR) is 80.3 cm³/mol. The van der Waals surface area contributed by atoms with Crippen LogP contribution in [0.15, 0.2) is 24.3 Å². The van der Waals surface area contributed by atoms with E-state index in [1.807, 2.05) is 24.3 Å². The largest absolute Gasteiger partial charge is 0.497 e. The number of hydrogen-bond acceptors (Lipinski definition) is 5. The Balaban J connectivity index is 1.68. The number of hydrogen-bond donors (Lipinski definition) is 2. The van der Waals surface area contributed by atoms with Crippen molar-refractivity contribution >= 4 is 22.4 Å². The molecule has 1 aliphatic rings. The molecule has 0 saturated carbocycles. The molecule has 0 aliphatic carbocycles. The van der Waals surface area contributed by atoms with Crippen LogP contribution in [0.2, 0.25) is 0 Å². The van der Waals surface area contributed by atoms with Crippen molar-refractivity contribution in [1.82, 2.24) is 10.2 Å². The molecule has 0 bridgehead atoms. The zero-order valence-corrected chi connectivity index (χ0v) is 12.5. The van der Waals surface area contributed by atoms with Gasteiger partial charge in [0.05, 0.1) is 13.7 Å². The van der Waals surface area contributed by atoms with Gasteiger partial charge in [0.1, 0.15) is 10.8 Å². The molecule has 0 unspecified atom stereocenters.